The largest absolute Gasteiger partial charge is 0.493 e. The summed E-state index contributed by atoms with van der Waals surface area (Å²) in [5, 5.41) is 0. The van der Waals surface area contributed by atoms with Crippen LogP contribution in [-0.4, -0.2) is 79.1 Å². The van der Waals surface area contributed by atoms with E-state index in [1.165, 1.54) is 17.5 Å². The van der Waals surface area contributed by atoms with Crippen molar-refractivity contribution < 1.29 is 14.3 Å². The molecule has 6 nitrogen and oxygen atoms in total. The molecule has 2 saturated heterocycles. The van der Waals surface area contributed by atoms with Crippen molar-refractivity contribution in [3.8, 4) is 11.5 Å². The van der Waals surface area contributed by atoms with Crippen LogP contribution in [0.25, 0.3) is 0 Å². The molecule has 168 valence electrons. The summed E-state index contributed by atoms with van der Waals surface area (Å²) in [6, 6.07) is 4.81. The van der Waals surface area contributed by atoms with Crippen molar-refractivity contribution in [2.75, 3.05) is 40.4 Å². The van der Waals surface area contributed by atoms with Crippen LogP contribution in [0.5, 0.6) is 11.5 Å². The molecule has 0 unspecified atom stereocenters. The van der Waals surface area contributed by atoms with Gasteiger partial charge in [0.15, 0.2) is 11.5 Å². The second kappa shape index (κ2) is 10.0. The van der Waals surface area contributed by atoms with Crippen LogP contribution < -0.4 is 9.47 Å². The van der Waals surface area contributed by atoms with Crippen LogP contribution in [0.2, 0.25) is 0 Å². The summed E-state index contributed by atoms with van der Waals surface area (Å²) in [6.45, 7) is 13.3. The van der Waals surface area contributed by atoms with Gasteiger partial charge >= 0.3 is 0 Å². The first kappa shape index (κ1) is 22.9. The SMILES string of the molecule is COc1cc(C)c(CN2CCN([C@H](C)C(=O)N3[C@@H](C)CCC[C@@H]3C)CC2)cc1OC. The monoisotopic (exact) mass is 417 g/mol. The molecular weight excluding hydrogens is 378 g/mol. The van der Waals surface area contributed by atoms with Crippen molar-refractivity contribution in [1.82, 2.24) is 14.7 Å². The Kier molecular flexibility index (Phi) is 7.64. The van der Waals surface area contributed by atoms with Gasteiger partial charge in [-0.25, -0.2) is 0 Å². The predicted octanol–water partition coefficient (Wildman–Crippen LogP) is 3.31. The minimum Gasteiger partial charge on any atom is -0.493 e. The second-order valence-corrected chi connectivity index (χ2v) is 9.00. The number of ether oxygens (including phenoxy) is 2. The lowest BCUT2D eigenvalue weighted by Gasteiger charge is -2.44. The van der Waals surface area contributed by atoms with Gasteiger partial charge < -0.3 is 14.4 Å². The molecule has 0 aromatic heterocycles. The number of nitrogens with zero attached hydrogens (tertiary/aromatic N) is 3. The molecule has 1 amide bonds. The zero-order chi connectivity index (χ0) is 21.8. The van der Waals surface area contributed by atoms with Gasteiger partial charge in [-0.15, -0.1) is 0 Å². The van der Waals surface area contributed by atoms with Gasteiger partial charge in [-0.2, -0.15) is 0 Å². The molecule has 2 fully saturated rings. The number of carbonyl (C=O) groups is 1. The predicted molar refractivity (Wildman–Crippen MR) is 120 cm³/mol. The van der Waals surface area contributed by atoms with E-state index in [0.29, 0.717) is 18.0 Å². The zero-order valence-electron chi connectivity index (χ0n) is 19.6. The number of aryl methyl sites for hydroxylation is 1. The lowest BCUT2D eigenvalue weighted by molar-refractivity contribution is -0.143. The molecule has 3 atom stereocenters. The van der Waals surface area contributed by atoms with Crippen LogP contribution in [0.15, 0.2) is 12.1 Å². The van der Waals surface area contributed by atoms with Crippen molar-refractivity contribution in [3.63, 3.8) is 0 Å². The van der Waals surface area contributed by atoms with Gasteiger partial charge in [-0.3, -0.25) is 14.6 Å². The van der Waals surface area contributed by atoms with Crippen LogP contribution in [0.4, 0.5) is 0 Å². The molecule has 0 radical (unpaired) electrons. The highest BCUT2D eigenvalue weighted by Crippen LogP contribution is 2.31. The Hall–Kier alpha value is -1.79. The Morgan fingerprint density at radius 1 is 1.03 bits per heavy atom. The highest BCUT2D eigenvalue weighted by Gasteiger charge is 2.34. The molecule has 3 rings (SSSR count). The minimum atomic E-state index is -0.0435. The number of amides is 1. The number of methoxy groups -OCH3 is 2. The number of hydrogen-bond acceptors (Lipinski definition) is 5. The van der Waals surface area contributed by atoms with Crippen molar-refractivity contribution in [2.45, 2.75) is 71.6 Å². The lowest BCUT2D eigenvalue weighted by Crippen LogP contribution is -2.58. The third-order valence-corrected chi connectivity index (χ3v) is 7.00. The van der Waals surface area contributed by atoms with Gasteiger partial charge in [0.25, 0.3) is 0 Å². The van der Waals surface area contributed by atoms with Gasteiger partial charge in [0.2, 0.25) is 5.91 Å². The summed E-state index contributed by atoms with van der Waals surface area (Å²) in [4.78, 5) is 20.2. The van der Waals surface area contributed by atoms with Crippen molar-refractivity contribution >= 4 is 5.91 Å². The maximum atomic E-state index is 13.2. The molecule has 0 N–H and O–H groups in total. The molecule has 2 aliphatic rings. The third kappa shape index (κ3) is 4.92. The van der Waals surface area contributed by atoms with E-state index in [-0.39, 0.29) is 6.04 Å². The first-order valence-electron chi connectivity index (χ1n) is 11.4. The average Bonchev–Trinajstić information content (AvgIpc) is 2.74. The average molecular weight is 418 g/mol. The Bertz CT molecular complexity index is 721. The summed E-state index contributed by atoms with van der Waals surface area (Å²) in [7, 11) is 3.35. The Morgan fingerprint density at radius 2 is 1.60 bits per heavy atom. The lowest BCUT2D eigenvalue weighted by atomic mass is 9.96. The van der Waals surface area contributed by atoms with E-state index in [1.54, 1.807) is 14.2 Å². The maximum Gasteiger partial charge on any atom is 0.240 e. The molecular formula is C24H39N3O3. The Labute approximate surface area is 182 Å². The summed E-state index contributed by atoms with van der Waals surface area (Å²) >= 11 is 0. The van der Waals surface area contributed by atoms with Crippen LogP contribution in [0.3, 0.4) is 0 Å². The van der Waals surface area contributed by atoms with Gasteiger partial charge in [0.1, 0.15) is 0 Å². The molecule has 2 aliphatic heterocycles. The molecule has 0 aliphatic carbocycles. The number of likely N-dealkylation sites (tertiary alicyclic amines) is 1. The molecule has 0 saturated carbocycles. The van der Waals surface area contributed by atoms with E-state index in [2.05, 4.69) is 48.5 Å². The molecule has 1 aromatic rings. The quantitative estimate of drug-likeness (QED) is 0.711. The molecule has 30 heavy (non-hydrogen) atoms. The fourth-order valence-corrected chi connectivity index (χ4v) is 4.97. The van der Waals surface area contributed by atoms with Crippen LogP contribution in [0, 0.1) is 6.92 Å². The number of piperazine rings is 1. The first-order valence-corrected chi connectivity index (χ1v) is 11.4. The summed E-state index contributed by atoms with van der Waals surface area (Å²) < 4.78 is 10.9. The highest BCUT2D eigenvalue weighted by molar-refractivity contribution is 5.82. The number of piperidine rings is 1. The maximum absolute atomic E-state index is 13.2. The molecule has 2 heterocycles. The molecule has 0 bridgehead atoms. The van der Waals surface area contributed by atoms with E-state index in [4.69, 9.17) is 9.47 Å². The van der Waals surface area contributed by atoms with Crippen LogP contribution in [-0.2, 0) is 11.3 Å². The number of carbonyl (C=O) groups excluding carboxylic acids is 1. The van der Waals surface area contributed by atoms with Gasteiger partial charge in [0.05, 0.1) is 20.3 Å². The fraction of sp³-hybridized carbons (Fsp3) is 0.708. The number of benzene rings is 1. The molecule has 1 aromatic carbocycles. The number of rotatable bonds is 6. The van der Waals surface area contributed by atoms with Crippen LogP contribution in [0.1, 0.15) is 51.2 Å². The first-order chi connectivity index (χ1) is 14.3. The van der Waals surface area contributed by atoms with Crippen molar-refractivity contribution in [2.24, 2.45) is 0 Å². The normalized spacial score (nSPS) is 24.5. The summed E-state index contributed by atoms with van der Waals surface area (Å²) in [5.41, 5.74) is 2.48. The summed E-state index contributed by atoms with van der Waals surface area (Å²) in [6.07, 6.45) is 3.48. The molecule has 6 heteroatoms. The number of hydrogen-bond donors (Lipinski definition) is 0. The smallest absolute Gasteiger partial charge is 0.240 e. The van der Waals surface area contributed by atoms with Crippen LogP contribution >= 0.6 is 0 Å². The van der Waals surface area contributed by atoms with Crippen molar-refractivity contribution in [3.05, 3.63) is 23.3 Å². The van der Waals surface area contributed by atoms with Gasteiger partial charge in [0, 0.05) is 44.8 Å². The molecule has 0 spiro atoms. The minimum absolute atomic E-state index is 0.0435. The standard InChI is InChI=1S/C24H39N3O3/c1-17-14-22(29-5)23(30-6)15-21(17)16-25-10-12-26(13-11-25)20(4)24(28)27-18(2)8-7-9-19(27)3/h14-15,18-20H,7-13,16H2,1-6H3/t18-,19-,20+/m0/s1. The van der Waals surface area contributed by atoms with E-state index in [0.717, 1.165) is 57.1 Å². The Morgan fingerprint density at radius 3 is 2.17 bits per heavy atom. The topological polar surface area (TPSA) is 45.2 Å². The second-order valence-electron chi connectivity index (χ2n) is 9.00. The summed E-state index contributed by atoms with van der Waals surface area (Å²) in [5.74, 6) is 1.86. The van der Waals surface area contributed by atoms with E-state index in [1.807, 2.05) is 6.07 Å². The van der Waals surface area contributed by atoms with Gasteiger partial charge in [-0.05, 0) is 70.2 Å². The highest BCUT2D eigenvalue weighted by atomic mass is 16.5. The van der Waals surface area contributed by atoms with Gasteiger partial charge in [-0.1, -0.05) is 0 Å². The Balaban J connectivity index is 1.58. The third-order valence-electron chi connectivity index (χ3n) is 7.00. The van der Waals surface area contributed by atoms with E-state index in [9.17, 15) is 4.79 Å². The van der Waals surface area contributed by atoms with E-state index < -0.39 is 0 Å². The fourth-order valence-electron chi connectivity index (χ4n) is 4.97. The van der Waals surface area contributed by atoms with Crippen molar-refractivity contribution in [1.29, 1.82) is 0 Å². The zero-order valence-corrected chi connectivity index (χ0v) is 19.6. The van der Waals surface area contributed by atoms with E-state index >= 15 is 0 Å².